The van der Waals surface area contributed by atoms with E-state index in [9.17, 15) is 9.59 Å². The quantitative estimate of drug-likeness (QED) is 0.746. The average molecular weight is 277 g/mol. The van der Waals surface area contributed by atoms with Gasteiger partial charge in [-0.2, -0.15) is 0 Å². The second-order valence-corrected chi connectivity index (χ2v) is 4.80. The molecule has 0 spiro atoms. The Morgan fingerprint density at radius 1 is 1.25 bits per heavy atom. The largest absolute Gasteiger partial charge is 0.359 e. The molecule has 5 nitrogen and oxygen atoms in total. The van der Waals surface area contributed by atoms with Crippen molar-refractivity contribution in [1.29, 1.82) is 0 Å². The van der Waals surface area contributed by atoms with Gasteiger partial charge in [0.2, 0.25) is 5.91 Å². The Labute approximate surface area is 120 Å². The van der Waals surface area contributed by atoms with Gasteiger partial charge in [0, 0.05) is 18.8 Å². The first-order chi connectivity index (χ1) is 9.56. The van der Waals surface area contributed by atoms with E-state index in [0.29, 0.717) is 5.69 Å². The summed E-state index contributed by atoms with van der Waals surface area (Å²) in [6.45, 7) is 4.05. The molecule has 110 valence electrons. The maximum atomic E-state index is 11.9. The third kappa shape index (κ3) is 5.30. The van der Waals surface area contributed by atoms with Gasteiger partial charge in [-0.15, -0.1) is 0 Å². The lowest BCUT2D eigenvalue weighted by Gasteiger charge is -2.15. The SMILES string of the molecule is CCC[C@@H](C)NC(=O)Nc1ccccc1CC(=O)NC. The number of para-hydroxylation sites is 1. The molecule has 3 N–H and O–H groups in total. The molecule has 0 saturated heterocycles. The van der Waals surface area contributed by atoms with Crippen LogP contribution in [0.4, 0.5) is 10.5 Å². The minimum absolute atomic E-state index is 0.0843. The maximum absolute atomic E-state index is 11.9. The second-order valence-electron chi connectivity index (χ2n) is 4.80. The summed E-state index contributed by atoms with van der Waals surface area (Å²) in [5, 5.41) is 8.25. The molecule has 3 amide bonds. The van der Waals surface area contributed by atoms with E-state index in [4.69, 9.17) is 0 Å². The van der Waals surface area contributed by atoms with Crippen molar-refractivity contribution < 1.29 is 9.59 Å². The summed E-state index contributed by atoms with van der Waals surface area (Å²) in [5.74, 6) is -0.0843. The number of urea groups is 1. The van der Waals surface area contributed by atoms with Crippen LogP contribution >= 0.6 is 0 Å². The summed E-state index contributed by atoms with van der Waals surface area (Å²) in [4.78, 5) is 23.3. The normalized spacial score (nSPS) is 11.6. The molecule has 1 aromatic carbocycles. The van der Waals surface area contributed by atoms with Crippen LogP contribution in [0.1, 0.15) is 32.3 Å². The lowest BCUT2D eigenvalue weighted by molar-refractivity contribution is -0.119. The zero-order valence-electron chi connectivity index (χ0n) is 12.3. The standard InChI is InChI=1S/C15H23N3O2/c1-4-7-11(2)17-15(20)18-13-9-6-5-8-12(13)10-14(19)16-3/h5-6,8-9,11H,4,7,10H2,1-3H3,(H,16,19)(H2,17,18,20)/t11-/m1/s1. The van der Waals surface area contributed by atoms with E-state index in [1.54, 1.807) is 13.1 Å². The van der Waals surface area contributed by atoms with Crippen molar-refractivity contribution in [3.63, 3.8) is 0 Å². The smallest absolute Gasteiger partial charge is 0.319 e. The fourth-order valence-corrected chi connectivity index (χ4v) is 1.95. The van der Waals surface area contributed by atoms with Gasteiger partial charge in [-0.05, 0) is 25.0 Å². The highest BCUT2D eigenvalue weighted by Crippen LogP contribution is 2.15. The van der Waals surface area contributed by atoms with Crippen LogP contribution in [0.3, 0.4) is 0 Å². The first kappa shape index (κ1) is 16.0. The molecule has 0 fully saturated rings. The van der Waals surface area contributed by atoms with Crippen LogP contribution in [-0.4, -0.2) is 25.0 Å². The number of hydrogen-bond acceptors (Lipinski definition) is 2. The Morgan fingerprint density at radius 2 is 1.95 bits per heavy atom. The molecule has 0 unspecified atom stereocenters. The van der Waals surface area contributed by atoms with Crippen LogP contribution in [0.25, 0.3) is 0 Å². The maximum Gasteiger partial charge on any atom is 0.319 e. The zero-order chi connectivity index (χ0) is 15.0. The van der Waals surface area contributed by atoms with Gasteiger partial charge in [0.25, 0.3) is 0 Å². The first-order valence-corrected chi connectivity index (χ1v) is 6.92. The van der Waals surface area contributed by atoms with Crippen molar-refractivity contribution >= 4 is 17.6 Å². The summed E-state index contributed by atoms with van der Waals surface area (Å²) in [7, 11) is 1.59. The molecular weight excluding hydrogens is 254 g/mol. The van der Waals surface area contributed by atoms with Crippen molar-refractivity contribution in [2.45, 2.75) is 39.2 Å². The van der Waals surface area contributed by atoms with E-state index in [-0.39, 0.29) is 24.4 Å². The molecule has 0 aliphatic rings. The Kier molecular flexibility index (Phi) is 6.56. The molecule has 0 heterocycles. The van der Waals surface area contributed by atoms with E-state index in [1.165, 1.54) is 0 Å². The number of anilines is 1. The van der Waals surface area contributed by atoms with E-state index >= 15 is 0 Å². The van der Waals surface area contributed by atoms with Gasteiger partial charge in [-0.1, -0.05) is 31.5 Å². The molecule has 0 aliphatic heterocycles. The van der Waals surface area contributed by atoms with Gasteiger partial charge >= 0.3 is 6.03 Å². The van der Waals surface area contributed by atoms with E-state index in [2.05, 4.69) is 22.9 Å². The fraction of sp³-hybridized carbons (Fsp3) is 0.467. The number of hydrogen-bond donors (Lipinski definition) is 3. The van der Waals surface area contributed by atoms with Crippen LogP contribution < -0.4 is 16.0 Å². The van der Waals surface area contributed by atoms with Crippen molar-refractivity contribution in [3.05, 3.63) is 29.8 Å². The summed E-state index contributed by atoms with van der Waals surface area (Å²) in [6, 6.07) is 7.20. The zero-order valence-corrected chi connectivity index (χ0v) is 12.3. The van der Waals surface area contributed by atoms with E-state index < -0.39 is 0 Å². The molecule has 0 aliphatic carbocycles. The lowest BCUT2D eigenvalue weighted by Crippen LogP contribution is -2.36. The van der Waals surface area contributed by atoms with E-state index in [1.807, 2.05) is 25.1 Å². The van der Waals surface area contributed by atoms with Gasteiger partial charge in [-0.25, -0.2) is 4.79 Å². The minimum Gasteiger partial charge on any atom is -0.359 e. The Morgan fingerprint density at radius 3 is 2.60 bits per heavy atom. The highest BCUT2D eigenvalue weighted by Gasteiger charge is 2.10. The van der Waals surface area contributed by atoms with Crippen LogP contribution in [-0.2, 0) is 11.2 Å². The number of amides is 3. The number of benzene rings is 1. The molecule has 1 atom stereocenters. The number of carbonyl (C=O) groups excluding carboxylic acids is 2. The third-order valence-electron chi connectivity index (χ3n) is 2.99. The lowest BCUT2D eigenvalue weighted by atomic mass is 10.1. The molecule has 1 rings (SSSR count). The van der Waals surface area contributed by atoms with Crippen molar-refractivity contribution in [2.75, 3.05) is 12.4 Å². The molecule has 1 aromatic rings. The van der Waals surface area contributed by atoms with Crippen LogP contribution in [0.15, 0.2) is 24.3 Å². The van der Waals surface area contributed by atoms with Crippen molar-refractivity contribution in [2.24, 2.45) is 0 Å². The summed E-state index contributed by atoms with van der Waals surface area (Å²) >= 11 is 0. The summed E-state index contributed by atoms with van der Waals surface area (Å²) < 4.78 is 0. The first-order valence-electron chi connectivity index (χ1n) is 6.92. The number of rotatable bonds is 6. The van der Waals surface area contributed by atoms with E-state index in [0.717, 1.165) is 18.4 Å². The number of nitrogens with one attached hydrogen (secondary N) is 3. The van der Waals surface area contributed by atoms with Crippen molar-refractivity contribution in [1.82, 2.24) is 10.6 Å². The Balaban J connectivity index is 2.67. The van der Waals surface area contributed by atoms with Gasteiger partial charge in [-0.3, -0.25) is 4.79 Å². The molecule has 0 saturated carbocycles. The van der Waals surface area contributed by atoms with Gasteiger partial charge in [0.1, 0.15) is 0 Å². The average Bonchev–Trinajstić information content (AvgIpc) is 2.40. The summed E-state index contributed by atoms with van der Waals surface area (Å²) in [6.07, 6.45) is 2.21. The van der Waals surface area contributed by atoms with Crippen LogP contribution in [0.5, 0.6) is 0 Å². The topological polar surface area (TPSA) is 70.2 Å². The second kappa shape index (κ2) is 8.19. The van der Waals surface area contributed by atoms with Crippen molar-refractivity contribution in [3.8, 4) is 0 Å². The molecular formula is C15H23N3O2. The Bertz CT molecular complexity index is 460. The number of likely N-dealkylation sites (N-methyl/N-ethyl adjacent to an activating group) is 1. The molecule has 5 heteroatoms. The predicted molar refractivity (Wildman–Crippen MR) is 80.7 cm³/mol. The molecule has 0 aromatic heterocycles. The predicted octanol–water partition coefficient (Wildman–Crippen LogP) is 2.29. The monoisotopic (exact) mass is 277 g/mol. The molecule has 0 radical (unpaired) electrons. The van der Waals surface area contributed by atoms with Gasteiger partial charge in [0.05, 0.1) is 6.42 Å². The third-order valence-corrected chi connectivity index (χ3v) is 2.99. The van der Waals surface area contributed by atoms with Crippen LogP contribution in [0.2, 0.25) is 0 Å². The van der Waals surface area contributed by atoms with Gasteiger partial charge < -0.3 is 16.0 Å². The van der Waals surface area contributed by atoms with Gasteiger partial charge in [0.15, 0.2) is 0 Å². The summed E-state index contributed by atoms with van der Waals surface area (Å²) in [5.41, 5.74) is 1.46. The number of carbonyl (C=O) groups is 2. The van der Waals surface area contributed by atoms with Crippen LogP contribution in [0, 0.1) is 0 Å². The fourth-order valence-electron chi connectivity index (χ4n) is 1.95. The molecule has 0 bridgehead atoms. The highest BCUT2D eigenvalue weighted by molar-refractivity contribution is 5.91. The molecule has 20 heavy (non-hydrogen) atoms. The highest BCUT2D eigenvalue weighted by atomic mass is 16.2. The Hall–Kier alpha value is -2.04. The minimum atomic E-state index is -0.240.